The van der Waals surface area contributed by atoms with Gasteiger partial charge in [0.15, 0.2) is 15.9 Å². The lowest BCUT2D eigenvalue weighted by molar-refractivity contribution is 0.110. The number of anilines is 2. The van der Waals surface area contributed by atoms with Crippen LogP contribution in [0, 0.1) is 11.6 Å². The molecular formula is C20H17ClF4N6OS. The maximum absolute atomic E-state index is 14.5. The predicted molar refractivity (Wildman–Crippen MR) is 118 cm³/mol. The van der Waals surface area contributed by atoms with Crippen molar-refractivity contribution in [2.75, 3.05) is 16.8 Å². The molecule has 5 rings (SSSR count). The molecule has 0 bridgehead atoms. The van der Waals surface area contributed by atoms with E-state index in [-0.39, 0.29) is 46.5 Å². The molecule has 3 N–H and O–H groups in total. The summed E-state index contributed by atoms with van der Waals surface area (Å²) in [6, 6.07) is 3.07. The lowest BCUT2D eigenvalue weighted by Crippen LogP contribution is -2.33. The quantitative estimate of drug-likeness (QED) is 0.373. The van der Waals surface area contributed by atoms with Gasteiger partial charge < -0.3 is 20.6 Å². The number of thiocarbonyl (C=S) groups is 1. The second-order valence-corrected chi connectivity index (χ2v) is 8.83. The molecule has 1 saturated carbocycles. The van der Waals surface area contributed by atoms with E-state index in [2.05, 4.69) is 20.7 Å². The van der Waals surface area contributed by atoms with E-state index in [1.54, 1.807) is 17.2 Å². The standard InChI is InChI=1S/C20H17ClF4N6OS/c21-17-16(28-19(33)26-14-7-20(14,24)25)18-27-15(3-4-31(18)29-17)30-8-10(32)6-13(30)11-5-9(22)1-2-12(11)23/h1-5,10,13-14,32H,6-8H2,(H2,26,28,33)/t10-,13-,14?/m1/s1. The van der Waals surface area contributed by atoms with Crippen LogP contribution >= 0.6 is 23.8 Å². The van der Waals surface area contributed by atoms with Crippen molar-refractivity contribution in [2.24, 2.45) is 0 Å². The molecule has 0 amide bonds. The molecule has 1 saturated heterocycles. The number of hydrogen-bond donors (Lipinski definition) is 3. The molecule has 33 heavy (non-hydrogen) atoms. The Morgan fingerprint density at radius 3 is 2.76 bits per heavy atom. The van der Waals surface area contributed by atoms with Crippen LogP contribution < -0.4 is 15.5 Å². The summed E-state index contributed by atoms with van der Waals surface area (Å²) in [5.74, 6) is -3.63. The summed E-state index contributed by atoms with van der Waals surface area (Å²) < 4.78 is 56.0. The fourth-order valence-corrected chi connectivity index (χ4v) is 4.43. The lowest BCUT2D eigenvalue weighted by Gasteiger charge is -2.26. The number of aliphatic hydroxyl groups excluding tert-OH is 1. The zero-order chi connectivity index (χ0) is 23.5. The highest BCUT2D eigenvalue weighted by Crippen LogP contribution is 2.42. The van der Waals surface area contributed by atoms with Crippen molar-refractivity contribution >= 4 is 46.1 Å². The van der Waals surface area contributed by atoms with E-state index in [9.17, 15) is 22.7 Å². The minimum atomic E-state index is -2.81. The number of halogens is 5. The summed E-state index contributed by atoms with van der Waals surface area (Å²) in [4.78, 5) is 6.19. The number of nitrogens with one attached hydrogen (secondary N) is 2. The van der Waals surface area contributed by atoms with E-state index in [0.29, 0.717) is 5.82 Å². The number of alkyl halides is 2. The SMILES string of the molecule is O[C@@H]1C[C@H](c2cc(F)ccc2F)N(c2ccn3nc(Cl)c(NC(=S)NC4CC4(F)F)c3n2)C1. The molecule has 2 aromatic heterocycles. The lowest BCUT2D eigenvalue weighted by atomic mass is 10.0. The van der Waals surface area contributed by atoms with Crippen LogP contribution in [0.15, 0.2) is 30.5 Å². The van der Waals surface area contributed by atoms with Gasteiger partial charge in [-0.2, -0.15) is 5.10 Å². The number of fused-ring (bicyclic) bond motifs is 1. The summed E-state index contributed by atoms with van der Waals surface area (Å²) in [6.07, 6.45) is 0.653. The smallest absolute Gasteiger partial charge is 0.270 e. The van der Waals surface area contributed by atoms with Gasteiger partial charge in [0.05, 0.1) is 18.2 Å². The first-order valence-corrected chi connectivity index (χ1v) is 10.8. The molecule has 3 atom stereocenters. The Hall–Kier alpha value is -2.70. The second-order valence-electron chi connectivity index (χ2n) is 8.06. The van der Waals surface area contributed by atoms with Gasteiger partial charge in [0.1, 0.15) is 23.1 Å². The van der Waals surface area contributed by atoms with Gasteiger partial charge in [-0.25, -0.2) is 27.1 Å². The Morgan fingerprint density at radius 1 is 1.27 bits per heavy atom. The van der Waals surface area contributed by atoms with Crippen LogP contribution in [0.3, 0.4) is 0 Å². The molecule has 0 radical (unpaired) electrons. The van der Waals surface area contributed by atoms with Crippen LogP contribution in [0.2, 0.25) is 5.15 Å². The first-order valence-electron chi connectivity index (χ1n) is 10.0. The summed E-state index contributed by atoms with van der Waals surface area (Å²) in [5.41, 5.74) is 0.547. The molecule has 1 aliphatic carbocycles. The molecule has 7 nitrogen and oxygen atoms in total. The van der Waals surface area contributed by atoms with Crippen molar-refractivity contribution in [3.05, 3.63) is 52.8 Å². The number of rotatable bonds is 4. The summed E-state index contributed by atoms with van der Waals surface area (Å²) in [5, 5.41) is 19.6. The van der Waals surface area contributed by atoms with E-state index in [1.165, 1.54) is 4.52 Å². The Labute approximate surface area is 195 Å². The molecule has 1 unspecified atom stereocenters. The van der Waals surface area contributed by atoms with E-state index < -0.39 is 35.7 Å². The largest absolute Gasteiger partial charge is 0.391 e. The van der Waals surface area contributed by atoms with Crippen molar-refractivity contribution in [3.8, 4) is 0 Å². The van der Waals surface area contributed by atoms with E-state index in [4.69, 9.17) is 23.8 Å². The number of aliphatic hydroxyl groups is 1. The number of nitrogens with zero attached hydrogens (tertiary/aromatic N) is 4. The third-order valence-electron chi connectivity index (χ3n) is 5.69. The Kier molecular flexibility index (Phi) is 5.33. The topological polar surface area (TPSA) is 77.7 Å². The summed E-state index contributed by atoms with van der Waals surface area (Å²) >= 11 is 11.3. The average Bonchev–Trinajstić information content (AvgIpc) is 3.05. The first kappa shape index (κ1) is 22.1. The molecule has 13 heteroatoms. The van der Waals surface area contributed by atoms with Gasteiger partial charge in [0.2, 0.25) is 0 Å². The maximum Gasteiger partial charge on any atom is 0.270 e. The Bertz CT molecular complexity index is 1260. The van der Waals surface area contributed by atoms with Crippen LogP contribution in [0.25, 0.3) is 5.65 Å². The highest BCUT2D eigenvalue weighted by atomic mass is 35.5. The van der Waals surface area contributed by atoms with Crippen LogP contribution in [0.5, 0.6) is 0 Å². The van der Waals surface area contributed by atoms with Gasteiger partial charge in [0, 0.05) is 24.7 Å². The average molecular weight is 501 g/mol. The fourth-order valence-electron chi connectivity index (χ4n) is 3.97. The maximum atomic E-state index is 14.5. The van der Waals surface area contributed by atoms with Crippen molar-refractivity contribution in [3.63, 3.8) is 0 Å². The van der Waals surface area contributed by atoms with Crippen molar-refractivity contribution < 1.29 is 22.7 Å². The predicted octanol–water partition coefficient (Wildman–Crippen LogP) is 3.67. The minimum absolute atomic E-state index is 0.0144. The Morgan fingerprint density at radius 2 is 2.03 bits per heavy atom. The van der Waals surface area contributed by atoms with Gasteiger partial charge in [-0.3, -0.25) is 0 Å². The van der Waals surface area contributed by atoms with E-state index in [1.807, 2.05) is 0 Å². The van der Waals surface area contributed by atoms with E-state index in [0.717, 1.165) is 18.2 Å². The summed E-state index contributed by atoms with van der Waals surface area (Å²) in [7, 11) is 0. The molecule has 1 aromatic carbocycles. The van der Waals surface area contributed by atoms with Crippen LogP contribution in [-0.2, 0) is 0 Å². The second kappa shape index (κ2) is 7.96. The zero-order valence-corrected chi connectivity index (χ0v) is 18.3. The molecule has 3 aromatic rings. The zero-order valence-electron chi connectivity index (χ0n) is 16.8. The third-order valence-corrected chi connectivity index (χ3v) is 6.17. The van der Waals surface area contributed by atoms with Crippen LogP contribution in [-0.4, -0.2) is 49.4 Å². The number of aromatic nitrogens is 3. The highest BCUT2D eigenvalue weighted by Gasteiger charge is 2.57. The summed E-state index contributed by atoms with van der Waals surface area (Å²) in [6.45, 7) is 0.144. The molecule has 0 spiro atoms. The molecule has 2 fully saturated rings. The number of benzene rings is 1. The van der Waals surface area contributed by atoms with Crippen molar-refractivity contribution in [2.45, 2.75) is 37.0 Å². The van der Waals surface area contributed by atoms with Crippen LogP contribution in [0.1, 0.15) is 24.4 Å². The number of hydrogen-bond acceptors (Lipinski definition) is 5. The van der Waals surface area contributed by atoms with Gasteiger partial charge >= 0.3 is 0 Å². The van der Waals surface area contributed by atoms with Crippen molar-refractivity contribution in [1.29, 1.82) is 0 Å². The fraction of sp³-hybridized carbons (Fsp3) is 0.350. The van der Waals surface area contributed by atoms with Crippen molar-refractivity contribution in [1.82, 2.24) is 19.9 Å². The molecule has 2 aliphatic rings. The van der Waals surface area contributed by atoms with Gasteiger partial charge in [0.25, 0.3) is 5.92 Å². The first-order chi connectivity index (χ1) is 15.6. The van der Waals surface area contributed by atoms with Gasteiger partial charge in [-0.15, -0.1) is 0 Å². The minimum Gasteiger partial charge on any atom is -0.391 e. The molecule has 1 aliphatic heterocycles. The van der Waals surface area contributed by atoms with Gasteiger partial charge in [-0.05, 0) is 42.9 Å². The Balaban J connectivity index is 1.46. The van der Waals surface area contributed by atoms with E-state index >= 15 is 0 Å². The third kappa shape index (κ3) is 4.18. The highest BCUT2D eigenvalue weighted by molar-refractivity contribution is 7.80. The van der Waals surface area contributed by atoms with Crippen LogP contribution in [0.4, 0.5) is 29.1 Å². The molecular weight excluding hydrogens is 484 g/mol. The molecule has 3 heterocycles. The van der Waals surface area contributed by atoms with Gasteiger partial charge in [-0.1, -0.05) is 11.6 Å². The monoisotopic (exact) mass is 500 g/mol. The normalized spacial score (nSPS) is 23.7. The number of β-amino-alcohol motifs (C(OH)–C–C–N with tert-alkyl or cyclic N) is 1. The molecule has 174 valence electrons.